The van der Waals surface area contributed by atoms with Gasteiger partial charge in [0.2, 0.25) is 0 Å². The van der Waals surface area contributed by atoms with Crippen LogP contribution < -0.4 is 5.32 Å². The molecule has 2 aromatic carbocycles. The van der Waals surface area contributed by atoms with E-state index in [2.05, 4.69) is 60.8 Å². The molecule has 1 fully saturated rings. The molecule has 1 nitrogen and oxygen atoms in total. The van der Waals surface area contributed by atoms with Crippen LogP contribution in [0.5, 0.6) is 0 Å². The molecule has 1 heteroatoms. The van der Waals surface area contributed by atoms with Gasteiger partial charge in [0, 0.05) is 12.2 Å². The summed E-state index contributed by atoms with van der Waals surface area (Å²) in [6, 6.07) is 18.0. The Kier molecular flexibility index (Phi) is 4.59. The lowest BCUT2D eigenvalue weighted by atomic mass is 10.1. The van der Waals surface area contributed by atoms with Gasteiger partial charge in [-0.05, 0) is 60.4 Å². The lowest BCUT2D eigenvalue weighted by molar-refractivity contribution is 0.795. The van der Waals surface area contributed by atoms with Crippen LogP contribution in [0.3, 0.4) is 0 Å². The molecule has 0 saturated heterocycles. The number of hydrogen-bond acceptors (Lipinski definition) is 1. The zero-order valence-electron chi connectivity index (χ0n) is 12.9. The van der Waals surface area contributed by atoms with Crippen molar-refractivity contribution in [2.75, 3.05) is 5.32 Å². The number of anilines is 1. The Morgan fingerprint density at radius 1 is 0.905 bits per heavy atom. The maximum Gasteiger partial charge on any atom is 0.0400 e. The average molecular weight is 279 g/mol. The third kappa shape index (κ3) is 4.10. The molecule has 0 unspecified atom stereocenters. The summed E-state index contributed by atoms with van der Waals surface area (Å²) in [5.74, 6) is 0.850. The Balaban J connectivity index is 1.51. The Morgan fingerprint density at radius 2 is 1.57 bits per heavy atom. The fraction of sp³-hybridized carbons (Fsp3) is 0.400. The van der Waals surface area contributed by atoms with E-state index >= 15 is 0 Å². The number of unbranched alkanes of at least 4 members (excludes halogenated alkanes) is 1. The maximum absolute atomic E-state index is 3.51. The van der Waals surface area contributed by atoms with Crippen molar-refractivity contribution in [3.63, 3.8) is 0 Å². The van der Waals surface area contributed by atoms with Crippen molar-refractivity contribution in [1.82, 2.24) is 0 Å². The van der Waals surface area contributed by atoms with Gasteiger partial charge >= 0.3 is 0 Å². The van der Waals surface area contributed by atoms with Crippen LogP contribution in [-0.4, -0.2) is 0 Å². The molecule has 0 bridgehead atoms. The highest BCUT2D eigenvalue weighted by atomic mass is 14.9. The molecular formula is C20H25N. The van der Waals surface area contributed by atoms with Crippen LogP contribution in [0.2, 0.25) is 0 Å². The van der Waals surface area contributed by atoms with Crippen LogP contribution in [0.15, 0.2) is 48.5 Å². The maximum atomic E-state index is 3.51. The van der Waals surface area contributed by atoms with E-state index < -0.39 is 0 Å². The quantitative estimate of drug-likeness (QED) is 0.703. The van der Waals surface area contributed by atoms with Crippen molar-refractivity contribution in [2.45, 2.75) is 51.5 Å². The van der Waals surface area contributed by atoms with Crippen molar-refractivity contribution >= 4 is 5.69 Å². The summed E-state index contributed by atoms with van der Waals surface area (Å²) >= 11 is 0. The number of hydrogen-bond donors (Lipinski definition) is 1. The zero-order valence-corrected chi connectivity index (χ0v) is 12.9. The van der Waals surface area contributed by atoms with Crippen LogP contribution >= 0.6 is 0 Å². The molecule has 2 aromatic rings. The minimum atomic E-state index is 0.850. The molecule has 0 spiro atoms. The van der Waals surface area contributed by atoms with Gasteiger partial charge in [-0.1, -0.05) is 49.7 Å². The van der Waals surface area contributed by atoms with Crippen LogP contribution in [0.1, 0.15) is 55.2 Å². The van der Waals surface area contributed by atoms with E-state index in [0.29, 0.717) is 0 Å². The average Bonchev–Trinajstić information content (AvgIpc) is 3.37. The molecule has 110 valence electrons. The first-order valence-electron chi connectivity index (χ1n) is 8.27. The fourth-order valence-corrected chi connectivity index (χ4v) is 2.70. The van der Waals surface area contributed by atoms with Gasteiger partial charge in [-0.2, -0.15) is 0 Å². The highest BCUT2D eigenvalue weighted by Crippen LogP contribution is 2.39. The number of benzene rings is 2. The van der Waals surface area contributed by atoms with Crippen LogP contribution in [0, 0.1) is 0 Å². The Bertz CT molecular complexity index is 549. The molecule has 21 heavy (non-hydrogen) atoms. The van der Waals surface area contributed by atoms with Gasteiger partial charge in [0.1, 0.15) is 0 Å². The topological polar surface area (TPSA) is 12.0 Å². The first-order valence-corrected chi connectivity index (χ1v) is 8.27. The predicted octanol–water partition coefficient (Wildman–Crippen LogP) is 5.52. The first-order chi connectivity index (χ1) is 10.3. The largest absolute Gasteiger partial charge is 0.381 e. The van der Waals surface area contributed by atoms with Gasteiger partial charge in [0.05, 0.1) is 0 Å². The molecule has 1 N–H and O–H groups in total. The second-order valence-electron chi connectivity index (χ2n) is 6.17. The summed E-state index contributed by atoms with van der Waals surface area (Å²) in [6.45, 7) is 3.14. The highest BCUT2D eigenvalue weighted by molar-refractivity contribution is 5.45. The Hall–Kier alpha value is -1.76. The molecular weight excluding hydrogens is 254 g/mol. The summed E-state index contributed by atoms with van der Waals surface area (Å²) in [4.78, 5) is 0. The SMILES string of the molecule is CCCCc1ccc(NCc2ccc(C3CC3)cc2)cc1. The van der Waals surface area contributed by atoms with Crippen molar-refractivity contribution in [3.05, 3.63) is 65.2 Å². The second-order valence-corrected chi connectivity index (χ2v) is 6.17. The summed E-state index contributed by atoms with van der Waals surface area (Å²) in [7, 11) is 0. The van der Waals surface area contributed by atoms with Crippen molar-refractivity contribution in [2.24, 2.45) is 0 Å². The minimum Gasteiger partial charge on any atom is -0.381 e. The lowest BCUT2D eigenvalue weighted by Crippen LogP contribution is -1.99. The third-order valence-corrected chi connectivity index (χ3v) is 4.30. The molecule has 1 aliphatic carbocycles. The Morgan fingerprint density at radius 3 is 2.19 bits per heavy atom. The van der Waals surface area contributed by atoms with Gasteiger partial charge < -0.3 is 5.32 Å². The second kappa shape index (κ2) is 6.80. The Labute approximate surface area is 128 Å². The molecule has 0 atom stereocenters. The van der Waals surface area contributed by atoms with E-state index in [1.165, 1.54) is 54.5 Å². The number of nitrogens with one attached hydrogen (secondary N) is 1. The van der Waals surface area contributed by atoms with E-state index in [-0.39, 0.29) is 0 Å². The molecule has 1 saturated carbocycles. The van der Waals surface area contributed by atoms with Gasteiger partial charge in [-0.3, -0.25) is 0 Å². The molecule has 0 aromatic heterocycles. The molecule has 0 radical (unpaired) electrons. The third-order valence-electron chi connectivity index (χ3n) is 4.30. The molecule has 1 aliphatic rings. The summed E-state index contributed by atoms with van der Waals surface area (Å²) in [5, 5.41) is 3.51. The molecule has 0 aliphatic heterocycles. The van der Waals surface area contributed by atoms with Gasteiger partial charge in [0.15, 0.2) is 0 Å². The van der Waals surface area contributed by atoms with Crippen molar-refractivity contribution < 1.29 is 0 Å². The highest BCUT2D eigenvalue weighted by Gasteiger charge is 2.22. The fourth-order valence-electron chi connectivity index (χ4n) is 2.70. The first kappa shape index (κ1) is 14.2. The number of rotatable bonds is 7. The van der Waals surface area contributed by atoms with Crippen LogP contribution in [0.4, 0.5) is 5.69 Å². The molecule has 3 rings (SSSR count). The van der Waals surface area contributed by atoms with Gasteiger partial charge in [-0.15, -0.1) is 0 Å². The standard InChI is InChI=1S/C20H25N/c1-2-3-4-16-7-13-20(14-8-16)21-15-17-5-9-18(10-6-17)19-11-12-19/h5-10,13-14,19,21H,2-4,11-12,15H2,1H3. The monoisotopic (exact) mass is 279 g/mol. The van der Waals surface area contributed by atoms with E-state index in [4.69, 9.17) is 0 Å². The zero-order chi connectivity index (χ0) is 14.5. The van der Waals surface area contributed by atoms with E-state index in [0.717, 1.165) is 12.5 Å². The lowest BCUT2D eigenvalue weighted by Gasteiger charge is -2.08. The molecule has 0 amide bonds. The summed E-state index contributed by atoms with van der Waals surface area (Å²) in [6.07, 6.45) is 6.49. The van der Waals surface area contributed by atoms with Crippen molar-refractivity contribution in [3.8, 4) is 0 Å². The minimum absolute atomic E-state index is 0.850. The van der Waals surface area contributed by atoms with Gasteiger partial charge in [-0.25, -0.2) is 0 Å². The van der Waals surface area contributed by atoms with E-state index in [1.807, 2.05) is 0 Å². The van der Waals surface area contributed by atoms with Crippen molar-refractivity contribution in [1.29, 1.82) is 0 Å². The smallest absolute Gasteiger partial charge is 0.0400 e. The van der Waals surface area contributed by atoms with Crippen LogP contribution in [-0.2, 0) is 13.0 Å². The normalized spacial score (nSPS) is 14.1. The van der Waals surface area contributed by atoms with E-state index in [1.54, 1.807) is 0 Å². The van der Waals surface area contributed by atoms with E-state index in [9.17, 15) is 0 Å². The summed E-state index contributed by atoms with van der Waals surface area (Å²) < 4.78 is 0. The molecule has 0 heterocycles. The number of aryl methyl sites for hydroxylation is 1. The van der Waals surface area contributed by atoms with Crippen LogP contribution in [0.25, 0.3) is 0 Å². The predicted molar refractivity (Wildman–Crippen MR) is 90.8 cm³/mol. The van der Waals surface area contributed by atoms with Gasteiger partial charge in [0.25, 0.3) is 0 Å². The summed E-state index contributed by atoms with van der Waals surface area (Å²) in [5.41, 5.74) is 5.52.